The van der Waals surface area contributed by atoms with E-state index in [9.17, 15) is 9.59 Å². The van der Waals surface area contributed by atoms with E-state index in [0.717, 1.165) is 11.4 Å². The van der Waals surface area contributed by atoms with Crippen molar-refractivity contribution in [3.63, 3.8) is 0 Å². The molecular weight excluding hydrogens is 370 g/mol. The number of Topliss-reactive ketones (excluding diaryl/α,β-unsaturated/α-hetero) is 1. The van der Waals surface area contributed by atoms with Gasteiger partial charge in [0.05, 0.1) is 26.8 Å². The summed E-state index contributed by atoms with van der Waals surface area (Å²) in [6.45, 7) is 8.10. The van der Waals surface area contributed by atoms with Crippen molar-refractivity contribution in [3.05, 3.63) is 47.3 Å². The number of carbonyl (C=O) groups excluding carboxylic acids is 2. The fourth-order valence-corrected chi connectivity index (χ4v) is 3.28. The Hall–Kier alpha value is -2.64. The molecule has 2 aromatic rings. The predicted molar refractivity (Wildman–Crippen MR) is 114 cm³/mol. The lowest BCUT2D eigenvalue weighted by Crippen LogP contribution is -2.37. The van der Waals surface area contributed by atoms with E-state index < -0.39 is 0 Å². The second-order valence-corrected chi connectivity index (χ2v) is 6.94. The van der Waals surface area contributed by atoms with E-state index >= 15 is 0 Å². The topological polar surface area (TPSA) is 72.8 Å². The first-order valence-electron chi connectivity index (χ1n) is 9.74. The Morgan fingerprint density at radius 1 is 1.14 bits per heavy atom. The number of nitrogens with zero attached hydrogens (tertiary/aromatic N) is 2. The molecule has 2 rings (SSSR count). The van der Waals surface area contributed by atoms with Gasteiger partial charge in [-0.25, -0.2) is 0 Å². The van der Waals surface area contributed by atoms with Crippen LogP contribution in [0, 0.1) is 13.8 Å². The molecular formula is C22H31N3O4. The predicted octanol–water partition coefficient (Wildman–Crippen LogP) is 2.90. The minimum atomic E-state index is -0.168. The van der Waals surface area contributed by atoms with E-state index in [4.69, 9.17) is 9.47 Å². The van der Waals surface area contributed by atoms with Gasteiger partial charge in [-0.1, -0.05) is 13.0 Å². The molecule has 7 heteroatoms. The minimum absolute atomic E-state index is 0.0118. The lowest BCUT2D eigenvalue weighted by atomic mass is 10.1. The van der Waals surface area contributed by atoms with Crippen LogP contribution in [0.3, 0.4) is 0 Å². The van der Waals surface area contributed by atoms with Gasteiger partial charge in [0.1, 0.15) is 5.75 Å². The molecule has 1 aromatic heterocycles. The van der Waals surface area contributed by atoms with Crippen molar-refractivity contribution < 1.29 is 19.1 Å². The maximum Gasteiger partial charge on any atom is 0.238 e. The lowest BCUT2D eigenvalue weighted by Gasteiger charge is -2.19. The summed E-state index contributed by atoms with van der Waals surface area (Å²) in [5.41, 5.74) is 3.33. The summed E-state index contributed by atoms with van der Waals surface area (Å²) < 4.78 is 12.4. The molecule has 0 saturated heterocycles. The van der Waals surface area contributed by atoms with Gasteiger partial charge in [0.25, 0.3) is 0 Å². The number of rotatable bonds is 11. The number of benzene rings is 1. The summed E-state index contributed by atoms with van der Waals surface area (Å²) in [4.78, 5) is 27.1. The second kappa shape index (κ2) is 10.8. The van der Waals surface area contributed by atoms with Crippen LogP contribution in [0.25, 0.3) is 0 Å². The molecule has 0 spiro atoms. The number of methoxy groups -OCH3 is 2. The number of ketones is 1. The summed E-state index contributed by atoms with van der Waals surface area (Å²) in [6, 6.07) is 9.10. The maximum absolute atomic E-state index is 12.9. The Kier molecular flexibility index (Phi) is 8.42. The molecule has 1 heterocycles. The number of likely N-dealkylation sites (N-methyl/N-ethyl adjacent to an activating group) is 1. The number of hydrogen-bond donors (Lipinski definition) is 1. The van der Waals surface area contributed by atoms with Crippen molar-refractivity contribution >= 4 is 17.4 Å². The Morgan fingerprint density at radius 3 is 2.55 bits per heavy atom. The summed E-state index contributed by atoms with van der Waals surface area (Å²) in [7, 11) is 3.24. The van der Waals surface area contributed by atoms with Crippen molar-refractivity contribution in [3.8, 4) is 5.75 Å². The zero-order valence-electron chi connectivity index (χ0n) is 17.9. The van der Waals surface area contributed by atoms with Crippen LogP contribution in [0.2, 0.25) is 0 Å². The van der Waals surface area contributed by atoms with Crippen LogP contribution in [-0.4, -0.2) is 61.6 Å². The number of aryl methyl sites for hydroxylation is 1. The second-order valence-electron chi connectivity index (χ2n) is 6.94. The first-order valence-corrected chi connectivity index (χ1v) is 9.74. The van der Waals surface area contributed by atoms with Gasteiger partial charge in [-0.15, -0.1) is 0 Å². The third-order valence-corrected chi connectivity index (χ3v) is 4.93. The van der Waals surface area contributed by atoms with Crippen molar-refractivity contribution in [2.75, 3.05) is 45.8 Å². The fourth-order valence-electron chi connectivity index (χ4n) is 3.28. The Labute approximate surface area is 172 Å². The van der Waals surface area contributed by atoms with Gasteiger partial charge >= 0.3 is 0 Å². The van der Waals surface area contributed by atoms with E-state index in [1.54, 1.807) is 26.4 Å². The zero-order valence-corrected chi connectivity index (χ0v) is 17.9. The van der Waals surface area contributed by atoms with Gasteiger partial charge in [-0.2, -0.15) is 0 Å². The minimum Gasteiger partial charge on any atom is -0.497 e. The molecule has 158 valence electrons. The number of carbonyl (C=O) groups is 2. The van der Waals surface area contributed by atoms with E-state index in [1.165, 1.54) is 0 Å². The van der Waals surface area contributed by atoms with Gasteiger partial charge in [0.15, 0.2) is 5.78 Å². The van der Waals surface area contributed by atoms with Crippen LogP contribution in [-0.2, 0) is 16.1 Å². The molecule has 0 saturated carbocycles. The van der Waals surface area contributed by atoms with Crippen molar-refractivity contribution in [2.24, 2.45) is 0 Å². The summed E-state index contributed by atoms with van der Waals surface area (Å²) in [5.74, 6) is 0.519. The summed E-state index contributed by atoms with van der Waals surface area (Å²) in [6.07, 6.45) is 0. The number of anilines is 1. The standard InChI is InChI=1S/C22H31N3O4/c1-6-24(15-22(27)23-18-8-7-9-19(13-18)29-5)14-21(26)20-12-16(2)25(17(20)3)10-11-28-4/h7-9,12-13H,6,10-11,14-15H2,1-5H3,(H,23,27). The zero-order chi connectivity index (χ0) is 21.4. The third-order valence-electron chi connectivity index (χ3n) is 4.93. The van der Waals surface area contributed by atoms with Gasteiger partial charge in [-0.3, -0.25) is 14.5 Å². The molecule has 0 aliphatic rings. The normalized spacial score (nSPS) is 11.0. The van der Waals surface area contributed by atoms with Crippen LogP contribution in [0.1, 0.15) is 28.7 Å². The van der Waals surface area contributed by atoms with Crippen LogP contribution in [0.5, 0.6) is 5.75 Å². The average Bonchev–Trinajstić information content (AvgIpc) is 2.99. The van der Waals surface area contributed by atoms with Crippen molar-refractivity contribution in [1.29, 1.82) is 0 Å². The molecule has 29 heavy (non-hydrogen) atoms. The molecule has 0 fully saturated rings. The van der Waals surface area contributed by atoms with E-state index in [1.807, 2.05) is 43.9 Å². The molecule has 0 unspecified atom stereocenters. The molecule has 7 nitrogen and oxygen atoms in total. The van der Waals surface area contributed by atoms with Crippen LogP contribution in [0.4, 0.5) is 5.69 Å². The van der Waals surface area contributed by atoms with Crippen molar-refractivity contribution in [1.82, 2.24) is 9.47 Å². The highest BCUT2D eigenvalue weighted by Gasteiger charge is 2.19. The van der Waals surface area contributed by atoms with E-state index in [2.05, 4.69) is 9.88 Å². The molecule has 0 bridgehead atoms. The average molecular weight is 402 g/mol. The van der Waals surface area contributed by atoms with E-state index in [-0.39, 0.29) is 24.8 Å². The third kappa shape index (κ3) is 6.17. The monoisotopic (exact) mass is 401 g/mol. The van der Waals surface area contributed by atoms with E-state index in [0.29, 0.717) is 36.7 Å². The first kappa shape index (κ1) is 22.6. The fraction of sp³-hybridized carbons (Fsp3) is 0.455. The quantitative estimate of drug-likeness (QED) is 0.586. The Balaban J connectivity index is 2.00. The first-order chi connectivity index (χ1) is 13.9. The Morgan fingerprint density at radius 2 is 1.90 bits per heavy atom. The van der Waals surface area contributed by atoms with Gasteiger partial charge in [-0.05, 0) is 38.6 Å². The number of amides is 1. The molecule has 0 aliphatic carbocycles. The number of ether oxygens (including phenoxy) is 2. The molecule has 1 amide bonds. The number of hydrogen-bond acceptors (Lipinski definition) is 5. The SMILES string of the molecule is CCN(CC(=O)Nc1cccc(OC)c1)CC(=O)c1cc(C)n(CCOC)c1C. The van der Waals surface area contributed by atoms with Gasteiger partial charge in [0.2, 0.25) is 5.91 Å². The molecule has 0 radical (unpaired) electrons. The molecule has 0 aliphatic heterocycles. The smallest absolute Gasteiger partial charge is 0.238 e. The van der Waals surface area contributed by atoms with Gasteiger partial charge < -0.3 is 19.4 Å². The van der Waals surface area contributed by atoms with Crippen LogP contribution < -0.4 is 10.1 Å². The largest absolute Gasteiger partial charge is 0.497 e. The van der Waals surface area contributed by atoms with Crippen molar-refractivity contribution in [2.45, 2.75) is 27.3 Å². The number of aromatic nitrogens is 1. The highest BCUT2D eigenvalue weighted by atomic mass is 16.5. The molecule has 1 aromatic carbocycles. The highest BCUT2D eigenvalue weighted by Crippen LogP contribution is 2.18. The highest BCUT2D eigenvalue weighted by molar-refractivity contribution is 5.99. The summed E-state index contributed by atoms with van der Waals surface area (Å²) in [5, 5.41) is 2.85. The van der Waals surface area contributed by atoms with Crippen LogP contribution >= 0.6 is 0 Å². The lowest BCUT2D eigenvalue weighted by molar-refractivity contribution is -0.117. The molecule has 0 atom stereocenters. The number of nitrogens with one attached hydrogen (secondary N) is 1. The maximum atomic E-state index is 12.9. The van der Waals surface area contributed by atoms with Gasteiger partial charge in [0, 0.05) is 42.4 Å². The molecule has 1 N–H and O–H groups in total. The summed E-state index contributed by atoms with van der Waals surface area (Å²) >= 11 is 0. The van der Waals surface area contributed by atoms with Crippen LogP contribution in [0.15, 0.2) is 30.3 Å². The Bertz CT molecular complexity index is 845.